The van der Waals surface area contributed by atoms with Gasteiger partial charge in [0.15, 0.2) is 5.65 Å². The van der Waals surface area contributed by atoms with Crippen molar-refractivity contribution in [2.45, 2.75) is 0 Å². The third-order valence-corrected chi connectivity index (χ3v) is 1.27. The van der Waals surface area contributed by atoms with Crippen LogP contribution in [-0.4, -0.2) is 14.6 Å². The van der Waals surface area contributed by atoms with Crippen LogP contribution in [0.2, 0.25) is 0 Å². The SMILES string of the molecule is Nc1ccnc2c[c]nn12. The van der Waals surface area contributed by atoms with Crippen LogP contribution in [0.1, 0.15) is 0 Å². The number of anilines is 1. The molecule has 2 rings (SSSR count). The molecule has 0 saturated carbocycles. The maximum Gasteiger partial charge on any atom is 0.157 e. The molecule has 0 atom stereocenters. The molecule has 0 aliphatic rings. The van der Waals surface area contributed by atoms with Gasteiger partial charge in [0, 0.05) is 12.3 Å². The summed E-state index contributed by atoms with van der Waals surface area (Å²) in [4.78, 5) is 3.99. The molecule has 4 heteroatoms. The Balaban J connectivity index is 2.95. The molecule has 0 aromatic carbocycles. The van der Waals surface area contributed by atoms with E-state index in [-0.39, 0.29) is 0 Å². The molecular weight excluding hydrogens is 128 g/mol. The van der Waals surface area contributed by atoms with E-state index in [1.807, 2.05) is 0 Å². The Labute approximate surface area is 57.3 Å². The Morgan fingerprint density at radius 2 is 2.50 bits per heavy atom. The smallest absolute Gasteiger partial charge is 0.157 e. The molecule has 0 aliphatic carbocycles. The number of hydrogen-bond donors (Lipinski definition) is 1. The van der Waals surface area contributed by atoms with Gasteiger partial charge in [-0.15, -0.1) is 0 Å². The van der Waals surface area contributed by atoms with Crippen molar-refractivity contribution in [2.24, 2.45) is 0 Å². The monoisotopic (exact) mass is 133 g/mol. The molecule has 2 aromatic rings. The lowest BCUT2D eigenvalue weighted by molar-refractivity contribution is 0.948. The number of rotatable bonds is 0. The summed E-state index contributed by atoms with van der Waals surface area (Å²) in [6.45, 7) is 0. The van der Waals surface area contributed by atoms with Crippen molar-refractivity contribution >= 4 is 11.5 Å². The van der Waals surface area contributed by atoms with E-state index in [0.29, 0.717) is 5.82 Å². The first-order valence-electron chi connectivity index (χ1n) is 2.84. The van der Waals surface area contributed by atoms with Crippen LogP contribution in [0.3, 0.4) is 0 Å². The van der Waals surface area contributed by atoms with E-state index in [2.05, 4.69) is 16.3 Å². The van der Waals surface area contributed by atoms with E-state index in [0.717, 1.165) is 5.65 Å². The van der Waals surface area contributed by atoms with Gasteiger partial charge in [0.05, 0.1) is 0 Å². The summed E-state index contributed by atoms with van der Waals surface area (Å²) in [5, 5.41) is 3.82. The quantitative estimate of drug-likeness (QED) is 0.555. The summed E-state index contributed by atoms with van der Waals surface area (Å²) in [6, 6.07) is 3.37. The third-order valence-electron chi connectivity index (χ3n) is 1.27. The van der Waals surface area contributed by atoms with Crippen molar-refractivity contribution in [3.63, 3.8) is 0 Å². The average Bonchev–Trinajstić information content (AvgIpc) is 2.36. The highest BCUT2D eigenvalue weighted by atomic mass is 15.3. The second-order valence-electron chi connectivity index (χ2n) is 1.91. The van der Waals surface area contributed by atoms with Gasteiger partial charge in [0.1, 0.15) is 12.0 Å². The number of nitrogens with zero attached hydrogens (tertiary/aromatic N) is 3. The van der Waals surface area contributed by atoms with Gasteiger partial charge in [-0.1, -0.05) is 0 Å². The maximum atomic E-state index is 5.54. The lowest BCUT2D eigenvalue weighted by Gasteiger charge is -1.94. The molecule has 0 bridgehead atoms. The molecule has 0 amide bonds. The van der Waals surface area contributed by atoms with Gasteiger partial charge in [0.25, 0.3) is 0 Å². The Bertz CT molecular complexity index is 351. The van der Waals surface area contributed by atoms with E-state index < -0.39 is 0 Å². The molecule has 1 radical (unpaired) electrons. The second kappa shape index (κ2) is 1.70. The highest BCUT2D eigenvalue weighted by Gasteiger charge is 1.94. The molecule has 2 heterocycles. The van der Waals surface area contributed by atoms with Crippen molar-refractivity contribution in [3.8, 4) is 0 Å². The molecule has 0 fully saturated rings. The van der Waals surface area contributed by atoms with Crippen LogP contribution < -0.4 is 5.73 Å². The van der Waals surface area contributed by atoms with Gasteiger partial charge >= 0.3 is 0 Å². The second-order valence-corrected chi connectivity index (χ2v) is 1.91. The van der Waals surface area contributed by atoms with Gasteiger partial charge < -0.3 is 5.73 Å². The van der Waals surface area contributed by atoms with Gasteiger partial charge in [-0.05, 0) is 6.07 Å². The molecule has 4 nitrogen and oxygen atoms in total. The van der Waals surface area contributed by atoms with Crippen LogP contribution in [0.25, 0.3) is 5.65 Å². The zero-order valence-corrected chi connectivity index (χ0v) is 5.15. The van der Waals surface area contributed by atoms with Crippen molar-refractivity contribution in [3.05, 3.63) is 24.5 Å². The molecule has 0 unspecified atom stereocenters. The fraction of sp³-hybridized carbons (Fsp3) is 0. The first-order valence-corrected chi connectivity index (χ1v) is 2.84. The summed E-state index contributed by atoms with van der Waals surface area (Å²) in [5.41, 5.74) is 6.26. The van der Waals surface area contributed by atoms with Crippen LogP contribution >= 0.6 is 0 Å². The summed E-state index contributed by atoms with van der Waals surface area (Å²) >= 11 is 0. The lowest BCUT2D eigenvalue weighted by Crippen LogP contribution is -1.98. The van der Waals surface area contributed by atoms with Crippen molar-refractivity contribution in [2.75, 3.05) is 5.73 Å². The first-order chi connectivity index (χ1) is 4.88. The summed E-state index contributed by atoms with van der Waals surface area (Å²) in [6.07, 6.45) is 4.29. The molecule has 10 heavy (non-hydrogen) atoms. The summed E-state index contributed by atoms with van der Waals surface area (Å²) < 4.78 is 1.53. The van der Waals surface area contributed by atoms with Crippen molar-refractivity contribution in [1.82, 2.24) is 14.6 Å². The minimum absolute atomic E-state index is 0.575. The zero-order valence-electron chi connectivity index (χ0n) is 5.15. The van der Waals surface area contributed by atoms with E-state index in [9.17, 15) is 0 Å². The average molecular weight is 133 g/mol. The van der Waals surface area contributed by atoms with E-state index in [1.54, 1.807) is 18.3 Å². The van der Waals surface area contributed by atoms with Crippen LogP contribution in [0.4, 0.5) is 5.82 Å². The predicted molar refractivity (Wildman–Crippen MR) is 36.2 cm³/mol. The molecular formula is C6H5N4. The fourth-order valence-corrected chi connectivity index (χ4v) is 0.799. The number of nitrogens with two attached hydrogens (primary N) is 1. The first kappa shape index (κ1) is 5.22. The largest absolute Gasteiger partial charge is 0.384 e. The highest BCUT2D eigenvalue weighted by Crippen LogP contribution is 2.02. The Morgan fingerprint density at radius 3 is 3.30 bits per heavy atom. The zero-order chi connectivity index (χ0) is 6.97. The van der Waals surface area contributed by atoms with E-state index in [4.69, 9.17) is 5.73 Å². The van der Waals surface area contributed by atoms with E-state index in [1.165, 1.54) is 4.52 Å². The number of fused-ring (bicyclic) bond motifs is 1. The van der Waals surface area contributed by atoms with Crippen LogP contribution in [-0.2, 0) is 0 Å². The van der Waals surface area contributed by atoms with Crippen LogP contribution in [0, 0.1) is 6.20 Å². The number of hydrogen-bond acceptors (Lipinski definition) is 3. The molecule has 0 aliphatic heterocycles. The summed E-state index contributed by atoms with van der Waals surface area (Å²) in [5.74, 6) is 0.575. The fourth-order valence-electron chi connectivity index (χ4n) is 0.799. The minimum atomic E-state index is 0.575. The highest BCUT2D eigenvalue weighted by molar-refractivity contribution is 5.43. The molecule has 2 N–H and O–H groups in total. The van der Waals surface area contributed by atoms with Crippen LogP contribution in [0.15, 0.2) is 18.3 Å². The van der Waals surface area contributed by atoms with Crippen molar-refractivity contribution in [1.29, 1.82) is 0 Å². The van der Waals surface area contributed by atoms with Crippen molar-refractivity contribution < 1.29 is 0 Å². The Hall–Kier alpha value is -1.58. The molecule has 0 spiro atoms. The third kappa shape index (κ3) is 0.556. The summed E-state index contributed by atoms with van der Waals surface area (Å²) in [7, 11) is 0. The Morgan fingerprint density at radius 1 is 1.60 bits per heavy atom. The van der Waals surface area contributed by atoms with Gasteiger partial charge in [-0.2, -0.15) is 9.61 Å². The van der Waals surface area contributed by atoms with Crippen LogP contribution in [0.5, 0.6) is 0 Å². The standard InChI is InChI=1S/C6H5N4/c7-5-1-3-8-6-2-4-9-10(5)6/h1-3H,7H2. The molecule has 0 saturated heterocycles. The molecule has 2 aromatic heterocycles. The Kier molecular flexibility index (Phi) is 0.887. The maximum absolute atomic E-state index is 5.54. The molecule has 49 valence electrons. The van der Waals surface area contributed by atoms with Gasteiger partial charge in [-0.3, -0.25) is 0 Å². The van der Waals surface area contributed by atoms with E-state index >= 15 is 0 Å². The lowest BCUT2D eigenvalue weighted by atomic mass is 10.6. The topological polar surface area (TPSA) is 56.2 Å². The predicted octanol–water partition coefficient (Wildman–Crippen LogP) is 0.112. The van der Waals surface area contributed by atoms with Gasteiger partial charge in [-0.25, -0.2) is 4.98 Å². The normalized spacial score (nSPS) is 10.4. The number of aromatic nitrogens is 3. The number of nitrogen functional groups attached to an aromatic ring is 1. The van der Waals surface area contributed by atoms with Gasteiger partial charge in [0.2, 0.25) is 0 Å². The minimum Gasteiger partial charge on any atom is -0.384 e.